The summed E-state index contributed by atoms with van der Waals surface area (Å²) < 4.78 is 0. The topological polar surface area (TPSA) is 27.6 Å². The Morgan fingerprint density at radius 3 is 2.48 bits per heavy atom. The average Bonchev–Trinajstić information content (AvgIpc) is 2.48. The van der Waals surface area contributed by atoms with Crippen LogP contribution in [0.4, 0.5) is 11.4 Å². The van der Waals surface area contributed by atoms with E-state index >= 15 is 0 Å². The minimum atomic E-state index is 0.0708. The molecule has 0 aromatic heterocycles. The second kappa shape index (κ2) is 6.30. The number of nitrogens with zero attached hydrogens (tertiary/aromatic N) is 2. The lowest BCUT2D eigenvalue weighted by Crippen LogP contribution is -2.29. The van der Waals surface area contributed by atoms with Crippen LogP contribution in [0.2, 0.25) is 0 Å². The molecule has 1 aromatic carbocycles. The summed E-state index contributed by atoms with van der Waals surface area (Å²) >= 11 is 1.82. The maximum atomic E-state index is 4.78. The Morgan fingerprint density at radius 1 is 1.10 bits per heavy atom. The number of rotatable bonds is 2. The number of thioether (sulfide) groups is 1. The molecule has 2 heterocycles. The SMILES string of the molecule is CC1(C)CCSC(Nc2ccc(N3CCCCC3)cc2)=N1. The van der Waals surface area contributed by atoms with Crippen LogP contribution < -0.4 is 10.2 Å². The molecule has 0 bridgehead atoms. The number of hydrogen-bond acceptors (Lipinski definition) is 4. The summed E-state index contributed by atoms with van der Waals surface area (Å²) in [5.41, 5.74) is 2.56. The summed E-state index contributed by atoms with van der Waals surface area (Å²) in [5, 5.41) is 4.51. The predicted molar refractivity (Wildman–Crippen MR) is 94.7 cm³/mol. The van der Waals surface area contributed by atoms with E-state index in [0.29, 0.717) is 0 Å². The van der Waals surface area contributed by atoms with Gasteiger partial charge in [-0.3, -0.25) is 4.99 Å². The van der Waals surface area contributed by atoms with Crippen molar-refractivity contribution in [1.82, 2.24) is 0 Å². The molecule has 0 amide bonds. The van der Waals surface area contributed by atoms with E-state index in [1.807, 2.05) is 11.8 Å². The van der Waals surface area contributed by atoms with Crippen LogP contribution in [0.15, 0.2) is 29.3 Å². The number of anilines is 2. The number of amidine groups is 1. The second-order valence-electron chi connectivity index (χ2n) is 6.55. The molecule has 0 radical (unpaired) electrons. The van der Waals surface area contributed by atoms with Crippen molar-refractivity contribution in [2.45, 2.75) is 45.1 Å². The van der Waals surface area contributed by atoms with Crippen molar-refractivity contribution in [2.75, 3.05) is 29.1 Å². The van der Waals surface area contributed by atoms with Gasteiger partial charge in [-0.05, 0) is 63.8 Å². The summed E-state index contributed by atoms with van der Waals surface area (Å²) in [6.07, 6.45) is 5.17. The summed E-state index contributed by atoms with van der Waals surface area (Å²) in [7, 11) is 0. The summed E-state index contributed by atoms with van der Waals surface area (Å²) in [6, 6.07) is 8.81. The highest BCUT2D eigenvalue weighted by Crippen LogP contribution is 2.27. The quantitative estimate of drug-likeness (QED) is 0.879. The molecular formula is C17H25N3S. The summed E-state index contributed by atoms with van der Waals surface area (Å²) in [5.74, 6) is 1.14. The van der Waals surface area contributed by atoms with Crippen molar-refractivity contribution in [3.63, 3.8) is 0 Å². The van der Waals surface area contributed by atoms with Crippen molar-refractivity contribution in [3.8, 4) is 0 Å². The van der Waals surface area contributed by atoms with Crippen LogP contribution in [0.5, 0.6) is 0 Å². The van der Waals surface area contributed by atoms with Crippen LogP contribution in [0.3, 0.4) is 0 Å². The molecule has 3 nitrogen and oxygen atoms in total. The smallest absolute Gasteiger partial charge is 0.161 e. The highest BCUT2D eigenvalue weighted by Gasteiger charge is 2.22. The Balaban J connectivity index is 1.65. The minimum Gasteiger partial charge on any atom is -0.372 e. The van der Waals surface area contributed by atoms with Gasteiger partial charge in [-0.15, -0.1) is 0 Å². The van der Waals surface area contributed by atoms with E-state index < -0.39 is 0 Å². The fraction of sp³-hybridized carbons (Fsp3) is 0.588. The Labute approximate surface area is 132 Å². The van der Waals surface area contributed by atoms with Crippen molar-refractivity contribution < 1.29 is 0 Å². The molecule has 0 atom stereocenters. The molecule has 0 saturated carbocycles. The van der Waals surface area contributed by atoms with Gasteiger partial charge in [0.2, 0.25) is 0 Å². The molecule has 1 N–H and O–H groups in total. The highest BCUT2D eigenvalue weighted by molar-refractivity contribution is 8.14. The van der Waals surface area contributed by atoms with Gasteiger partial charge in [0.1, 0.15) is 0 Å². The lowest BCUT2D eigenvalue weighted by atomic mass is 10.0. The van der Waals surface area contributed by atoms with Gasteiger partial charge in [0.25, 0.3) is 0 Å². The Kier molecular flexibility index (Phi) is 4.43. The molecular weight excluding hydrogens is 278 g/mol. The number of benzene rings is 1. The zero-order chi connectivity index (χ0) is 14.7. The Hall–Kier alpha value is -1.16. The fourth-order valence-electron chi connectivity index (χ4n) is 2.86. The largest absolute Gasteiger partial charge is 0.372 e. The van der Waals surface area contributed by atoms with E-state index in [2.05, 4.69) is 48.3 Å². The minimum absolute atomic E-state index is 0.0708. The monoisotopic (exact) mass is 303 g/mol. The first-order chi connectivity index (χ1) is 10.1. The molecule has 4 heteroatoms. The maximum Gasteiger partial charge on any atom is 0.161 e. The molecule has 1 aromatic rings. The van der Waals surface area contributed by atoms with Crippen molar-refractivity contribution in [2.24, 2.45) is 4.99 Å². The number of aliphatic imine (C=N–C) groups is 1. The zero-order valence-electron chi connectivity index (χ0n) is 13.1. The first kappa shape index (κ1) is 14.8. The van der Waals surface area contributed by atoms with Crippen LogP contribution in [-0.4, -0.2) is 29.5 Å². The van der Waals surface area contributed by atoms with Gasteiger partial charge in [0, 0.05) is 30.2 Å². The third kappa shape index (κ3) is 3.94. The lowest BCUT2D eigenvalue weighted by Gasteiger charge is -2.29. The van der Waals surface area contributed by atoms with E-state index in [1.54, 1.807) is 0 Å². The van der Waals surface area contributed by atoms with E-state index in [4.69, 9.17) is 4.99 Å². The van der Waals surface area contributed by atoms with E-state index in [0.717, 1.165) is 23.0 Å². The van der Waals surface area contributed by atoms with Gasteiger partial charge in [0.15, 0.2) is 5.17 Å². The van der Waals surface area contributed by atoms with Crippen molar-refractivity contribution in [3.05, 3.63) is 24.3 Å². The number of hydrogen-bond donors (Lipinski definition) is 1. The van der Waals surface area contributed by atoms with E-state index in [9.17, 15) is 0 Å². The zero-order valence-corrected chi connectivity index (χ0v) is 13.9. The number of nitrogens with one attached hydrogen (secondary N) is 1. The lowest BCUT2D eigenvalue weighted by molar-refractivity contribution is 0.507. The van der Waals surface area contributed by atoms with Crippen LogP contribution >= 0.6 is 11.8 Å². The predicted octanol–water partition coefficient (Wildman–Crippen LogP) is 4.36. The first-order valence-corrected chi connectivity index (χ1v) is 8.96. The van der Waals surface area contributed by atoms with Crippen LogP contribution in [-0.2, 0) is 0 Å². The van der Waals surface area contributed by atoms with Gasteiger partial charge in [-0.1, -0.05) is 11.8 Å². The molecule has 114 valence electrons. The van der Waals surface area contributed by atoms with Gasteiger partial charge < -0.3 is 10.2 Å². The highest BCUT2D eigenvalue weighted by atomic mass is 32.2. The maximum absolute atomic E-state index is 4.78. The molecule has 2 aliphatic rings. The molecule has 21 heavy (non-hydrogen) atoms. The summed E-state index contributed by atoms with van der Waals surface area (Å²) in [6.45, 7) is 6.80. The van der Waals surface area contributed by atoms with Crippen LogP contribution in [0.25, 0.3) is 0 Å². The molecule has 0 aliphatic carbocycles. The van der Waals surface area contributed by atoms with Crippen molar-refractivity contribution in [1.29, 1.82) is 0 Å². The molecule has 1 fully saturated rings. The van der Waals surface area contributed by atoms with Gasteiger partial charge in [-0.25, -0.2) is 0 Å². The van der Waals surface area contributed by atoms with E-state index in [1.165, 1.54) is 38.0 Å². The molecule has 0 unspecified atom stereocenters. The molecule has 1 saturated heterocycles. The third-order valence-electron chi connectivity index (χ3n) is 4.20. The third-order valence-corrected chi connectivity index (χ3v) is 5.07. The molecule has 2 aliphatic heterocycles. The fourth-order valence-corrected chi connectivity index (χ4v) is 4.15. The molecule has 3 rings (SSSR count). The molecule has 0 spiro atoms. The average molecular weight is 303 g/mol. The van der Waals surface area contributed by atoms with Crippen molar-refractivity contribution >= 4 is 28.3 Å². The van der Waals surface area contributed by atoms with Crippen LogP contribution in [0, 0.1) is 0 Å². The van der Waals surface area contributed by atoms with Gasteiger partial charge in [-0.2, -0.15) is 0 Å². The second-order valence-corrected chi connectivity index (χ2v) is 7.63. The Morgan fingerprint density at radius 2 is 1.81 bits per heavy atom. The number of piperidine rings is 1. The summed E-state index contributed by atoms with van der Waals surface area (Å²) in [4.78, 5) is 7.27. The Bertz CT molecular complexity index is 501. The van der Waals surface area contributed by atoms with Gasteiger partial charge >= 0.3 is 0 Å². The normalized spacial score (nSPS) is 21.8. The van der Waals surface area contributed by atoms with Crippen LogP contribution in [0.1, 0.15) is 39.5 Å². The first-order valence-electron chi connectivity index (χ1n) is 7.97. The van der Waals surface area contributed by atoms with Gasteiger partial charge in [0.05, 0.1) is 5.54 Å². The standard InChI is InChI=1S/C17H25N3S/c1-17(2)10-13-21-16(19-17)18-14-6-8-15(9-7-14)20-11-4-3-5-12-20/h6-9H,3-5,10-13H2,1-2H3,(H,18,19). The van der Waals surface area contributed by atoms with E-state index in [-0.39, 0.29) is 5.54 Å².